The summed E-state index contributed by atoms with van der Waals surface area (Å²) in [6.45, 7) is 1.98. The number of nitrogens with one attached hydrogen (secondary N) is 2. The van der Waals surface area contributed by atoms with E-state index in [0.717, 1.165) is 23.8 Å². The molecule has 0 saturated carbocycles. The summed E-state index contributed by atoms with van der Waals surface area (Å²) in [4.78, 5) is 18.8. The second-order valence-electron chi connectivity index (χ2n) is 3.20. The largest absolute Gasteiger partial charge is 0.347 e. The number of hydrogen-bond donors (Lipinski definition) is 2. The van der Waals surface area contributed by atoms with Crippen molar-refractivity contribution in [3.05, 3.63) is 29.3 Å². The normalized spacial score (nSPS) is 12.3. The van der Waals surface area contributed by atoms with E-state index in [2.05, 4.69) is 24.9 Å². The van der Waals surface area contributed by atoms with E-state index in [9.17, 15) is 4.79 Å². The van der Waals surface area contributed by atoms with Gasteiger partial charge in [-0.05, 0) is 18.0 Å². The Labute approximate surface area is 96.3 Å². The van der Waals surface area contributed by atoms with Crippen molar-refractivity contribution in [1.82, 2.24) is 24.9 Å². The second kappa shape index (κ2) is 4.84. The Morgan fingerprint density at radius 1 is 1.69 bits per heavy atom. The van der Waals surface area contributed by atoms with Crippen LogP contribution in [0.25, 0.3) is 0 Å². The van der Waals surface area contributed by atoms with Crippen LogP contribution in [0.4, 0.5) is 0 Å². The number of aromatic nitrogens is 4. The first-order valence-electron chi connectivity index (χ1n) is 4.88. The maximum atomic E-state index is 11.7. The Bertz CT molecular complexity index is 438. The van der Waals surface area contributed by atoms with Crippen LogP contribution < -0.4 is 5.32 Å². The maximum absolute atomic E-state index is 11.7. The minimum absolute atomic E-state index is 0.121. The lowest BCUT2D eigenvalue weighted by molar-refractivity contribution is 0.0929. The van der Waals surface area contributed by atoms with E-state index in [1.807, 2.05) is 6.92 Å². The summed E-state index contributed by atoms with van der Waals surface area (Å²) in [7, 11) is 0. The van der Waals surface area contributed by atoms with Gasteiger partial charge in [0.2, 0.25) is 0 Å². The number of H-pyrrole nitrogens is 1. The van der Waals surface area contributed by atoms with Gasteiger partial charge in [0.1, 0.15) is 5.82 Å². The summed E-state index contributed by atoms with van der Waals surface area (Å²) in [6, 6.07) is -0.121. The molecule has 16 heavy (non-hydrogen) atoms. The van der Waals surface area contributed by atoms with E-state index in [0.29, 0.717) is 5.69 Å². The number of aromatic amines is 1. The fraction of sp³-hybridized carbons (Fsp3) is 0.333. The van der Waals surface area contributed by atoms with Gasteiger partial charge in [-0.2, -0.15) is 0 Å². The molecule has 0 radical (unpaired) electrons. The van der Waals surface area contributed by atoms with Crippen molar-refractivity contribution in [1.29, 1.82) is 0 Å². The summed E-state index contributed by atoms with van der Waals surface area (Å²) >= 11 is 1.15. The first-order chi connectivity index (χ1) is 7.81. The number of nitrogens with zero attached hydrogens (tertiary/aromatic N) is 3. The summed E-state index contributed by atoms with van der Waals surface area (Å²) in [5.41, 5.74) is 0.343. The number of imidazole rings is 1. The molecule has 0 aliphatic heterocycles. The van der Waals surface area contributed by atoms with Gasteiger partial charge >= 0.3 is 0 Å². The summed E-state index contributed by atoms with van der Waals surface area (Å²) in [6.07, 6.45) is 4.15. The van der Waals surface area contributed by atoms with Crippen LogP contribution in [0.15, 0.2) is 17.8 Å². The van der Waals surface area contributed by atoms with Crippen molar-refractivity contribution in [2.24, 2.45) is 0 Å². The number of amides is 1. The third-order valence-electron chi connectivity index (χ3n) is 2.16. The van der Waals surface area contributed by atoms with Gasteiger partial charge in [-0.1, -0.05) is 11.4 Å². The van der Waals surface area contributed by atoms with Crippen LogP contribution in [0, 0.1) is 0 Å². The third-order valence-corrected chi connectivity index (χ3v) is 2.66. The van der Waals surface area contributed by atoms with Gasteiger partial charge in [-0.3, -0.25) is 4.79 Å². The smallest absolute Gasteiger partial charge is 0.273 e. The highest BCUT2D eigenvalue weighted by Gasteiger charge is 2.17. The number of carbonyl (C=O) groups is 1. The number of rotatable bonds is 4. The van der Waals surface area contributed by atoms with E-state index < -0.39 is 0 Å². The molecule has 2 N–H and O–H groups in total. The topological polar surface area (TPSA) is 83.6 Å². The molecule has 0 bridgehead atoms. The predicted molar refractivity (Wildman–Crippen MR) is 59.0 cm³/mol. The minimum atomic E-state index is -0.225. The predicted octanol–water partition coefficient (Wildman–Crippen LogP) is 1.14. The van der Waals surface area contributed by atoms with E-state index in [4.69, 9.17) is 0 Å². The molecule has 6 nitrogen and oxygen atoms in total. The van der Waals surface area contributed by atoms with Crippen molar-refractivity contribution in [2.75, 3.05) is 0 Å². The van der Waals surface area contributed by atoms with Crippen molar-refractivity contribution in [2.45, 2.75) is 19.4 Å². The SMILES string of the molecule is CCC(NC(=O)c1csnn1)c1ncc[nH]1. The van der Waals surface area contributed by atoms with Crippen LogP contribution in [-0.4, -0.2) is 25.5 Å². The zero-order chi connectivity index (χ0) is 11.4. The van der Waals surface area contributed by atoms with E-state index >= 15 is 0 Å². The fourth-order valence-electron chi connectivity index (χ4n) is 1.33. The van der Waals surface area contributed by atoms with Gasteiger partial charge in [0.25, 0.3) is 5.91 Å². The van der Waals surface area contributed by atoms with Gasteiger partial charge in [0, 0.05) is 17.8 Å². The van der Waals surface area contributed by atoms with E-state index in [-0.39, 0.29) is 11.9 Å². The minimum Gasteiger partial charge on any atom is -0.347 e. The average molecular weight is 237 g/mol. The maximum Gasteiger partial charge on any atom is 0.273 e. The molecule has 2 aromatic heterocycles. The zero-order valence-electron chi connectivity index (χ0n) is 8.67. The Balaban J connectivity index is 2.05. The van der Waals surface area contributed by atoms with Crippen molar-refractivity contribution < 1.29 is 4.79 Å². The van der Waals surface area contributed by atoms with Crippen LogP contribution in [0.2, 0.25) is 0 Å². The molecule has 0 aromatic carbocycles. The molecule has 2 rings (SSSR count). The van der Waals surface area contributed by atoms with Crippen LogP contribution in [0.1, 0.15) is 35.7 Å². The molecule has 1 atom stereocenters. The molecule has 7 heteroatoms. The summed E-state index contributed by atoms with van der Waals surface area (Å²) in [5.74, 6) is 0.524. The molecular weight excluding hydrogens is 226 g/mol. The van der Waals surface area contributed by atoms with E-state index in [1.165, 1.54) is 0 Å². The molecule has 2 aromatic rings. The molecule has 0 aliphatic rings. The van der Waals surface area contributed by atoms with Gasteiger partial charge in [0.05, 0.1) is 6.04 Å². The van der Waals surface area contributed by atoms with Crippen molar-refractivity contribution in [3.8, 4) is 0 Å². The zero-order valence-corrected chi connectivity index (χ0v) is 9.49. The highest BCUT2D eigenvalue weighted by molar-refractivity contribution is 7.03. The lowest BCUT2D eigenvalue weighted by Gasteiger charge is -2.13. The van der Waals surface area contributed by atoms with Gasteiger partial charge in [-0.15, -0.1) is 5.10 Å². The molecule has 84 valence electrons. The Morgan fingerprint density at radius 3 is 3.12 bits per heavy atom. The van der Waals surface area contributed by atoms with Gasteiger partial charge in [0.15, 0.2) is 5.69 Å². The quantitative estimate of drug-likeness (QED) is 0.835. The molecule has 0 spiro atoms. The Hall–Kier alpha value is -1.76. The van der Waals surface area contributed by atoms with Gasteiger partial charge in [-0.25, -0.2) is 4.98 Å². The molecule has 2 heterocycles. The van der Waals surface area contributed by atoms with Crippen LogP contribution in [-0.2, 0) is 0 Å². The molecule has 0 saturated heterocycles. The standard InChI is InChI=1S/C9H11N5OS/c1-2-6(8-10-3-4-11-8)12-9(15)7-5-16-14-13-7/h3-6H,2H2,1H3,(H,10,11)(H,12,15). The monoisotopic (exact) mass is 237 g/mol. The lowest BCUT2D eigenvalue weighted by atomic mass is 10.2. The first-order valence-corrected chi connectivity index (χ1v) is 5.72. The van der Waals surface area contributed by atoms with E-state index in [1.54, 1.807) is 17.8 Å². The lowest BCUT2D eigenvalue weighted by Crippen LogP contribution is -2.29. The number of carbonyl (C=O) groups excluding carboxylic acids is 1. The first kappa shape index (κ1) is 10.7. The van der Waals surface area contributed by atoms with Crippen LogP contribution in [0.5, 0.6) is 0 Å². The number of hydrogen-bond acceptors (Lipinski definition) is 5. The molecule has 1 amide bonds. The van der Waals surface area contributed by atoms with Crippen LogP contribution >= 0.6 is 11.5 Å². The summed E-state index contributed by atoms with van der Waals surface area (Å²) < 4.78 is 3.65. The fourth-order valence-corrected chi connectivity index (χ4v) is 1.76. The molecular formula is C9H11N5OS. The Kier molecular flexibility index (Phi) is 3.25. The molecule has 0 aliphatic carbocycles. The molecule has 0 fully saturated rings. The summed E-state index contributed by atoms with van der Waals surface area (Å²) in [5, 5.41) is 8.17. The highest BCUT2D eigenvalue weighted by atomic mass is 32.1. The average Bonchev–Trinajstić information content (AvgIpc) is 2.96. The Morgan fingerprint density at radius 2 is 2.56 bits per heavy atom. The highest BCUT2D eigenvalue weighted by Crippen LogP contribution is 2.12. The van der Waals surface area contributed by atoms with Crippen molar-refractivity contribution in [3.63, 3.8) is 0 Å². The third kappa shape index (κ3) is 2.25. The second-order valence-corrected chi connectivity index (χ2v) is 3.81. The molecule has 1 unspecified atom stereocenters. The van der Waals surface area contributed by atoms with Gasteiger partial charge < -0.3 is 10.3 Å². The van der Waals surface area contributed by atoms with Crippen molar-refractivity contribution >= 4 is 17.4 Å². The van der Waals surface area contributed by atoms with Crippen LogP contribution in [0.3, 0.4) is 0 Å².